The molecule has 0 radical (unpaired) electrons. The van der Waals surface area contributed by atoms with E-state index in [0.29, 0.717) is 0 Å². The van der Waals surface area contributed by atoms with E-state index in [9.17, 15) is 0 Å². The van der Waals surface area contributed by atoms with E-state index >= 15 is 0 Å². The maximum Gasteiger partial charge on any atom is 0.151 e. The van der Waals surface area contributed by atoms with Crippen LogP contribution in [0.5, 0.6) is 0 Å². The van der Waals surface area contributed by atoms with E-state index in [2.05, 4.69) is 40.9 Å². The molecule has 0 amide bonds. The van der Waals surface area contributed by atoms with Crippen LogP contribution in [0.25, 0.3) is 10.2 Å². The molecule has 26 heavy (non-hydrogen) atoms. The van der Waals surface area contributed by atoms with Gasteiger partial charge in [-0.25, -0.2) is 4.98 Å². The number of hydrogen-bond acceptors (Lipinski definition) is 5. The van der Waals surface area contributed by atoms with Gasteiger partial charge in [0.25, 0.3) is 0 Å². The monoisotopic (exact) mass is 375 g/mol. The SMILES string of the molecule is c1ccc(N/N=C(\CSc2nc3ccccc3s2)c2ccccc2)cc1. The number of anilines is 1. The van der Waals surface area contributed by atoms with Gasteiger partial charge in [-0.1, -0.05) is 72.4 Å². The summed E-state index contributed by atoms with van der Waals surface area (Å²) >= 11 is 3.45. The molecule has 0 unspecified atom stereocenters. The summed E-state index contributed by atoms with van der Waals surface area (Å²) in [7, 11) is 0. The van der Waals surface area contributed by atoms with Crippen LogP contribution >= 0.6 is 23.1 Å². The molecule has 4 aromatic rings. The first-order chi connectivity index (χ1) is 12.9. The number of hydrazone groups is 1. The second-order valence-electron chi connectivity index (χ2n) is 5.64. The van der Waals surface area contributed by atoms with Crippen molar-refractivity contribution < 1.29 is 0 Å². The summed E-state index contributed by atoms with van der Waals surface area (Å²) in [5, 5.41) is 4.66. The first-order valence-corrected chi connectivity index (χ1v) is 10.1. The van der Waals surface area contributed by atoms with E-state index < -0.39 is 0 Å². The Kier molecular flexibility index (Phi) is 5.28. The maximum atomic E-state index is 4.70. The highest BCUT2D eigenvalue weighted by Gasteiger charge is 2.08. The van der Waals surface area contributed by atoms with Gasteiger partial charge in [0.15, 0.2) is 4.34 Å². The molecule has 0 spiro atoms. The number of nitrogens with one attached hydrogen (secondary N) is 1. The van der Waals surface area contributed by atoms with Gasteiger partial charge in [0, 0.05) is 5.75 Å². The fourth-order valence-corrected chi connectivity index (χ4v) is 4.53. The number of nitrogens with zero attached hydrogens (tertiary/aromatic N) is 2. The van der Waals surface area contributed by atoms with Gasteiger partial charge in [-0.3, -0.25) is 5.43 Å². The molecule has 0 bridgehead atoms. The number of aromatic nitrogens is 1. The lowest BCUT2D eigenvalue weighted by molar-refractivity contribution is 1.30. The van der Waals surface area contributed by atoms with E-state index in [1.54, 1.807) is 23.1 Å². The smallest absolute Gasteiger partial charge is 0.151 e. The van der Waals surface area contributed by atoms with Crippen LogP contribution in [-0.2, 0) is 0 Å². The van der Waals surface area contributed by atoms with Gasteiger partial charge in [-0.2, -0.15) is 5.10 Å². The Morgan fingerprint density at radius 1 is 0.885 bits per heavy atom. The van der Waals surface area contributed by atoms with E-state index in [1.807, 2.05) is 54.6 Å². The molecule has 5 heteroatoms. The zero-order chi connectivity index (χ0) is 17.6. The van der Waals surface area contributed by atoms with Gasteiger partial charge >= 0.3 is 0 Å². The third kappa shape index (κ3) is 4.12. The first kappa shape index (κ1) is 16.8. The lowest BCUT2D eigenvalue weighted by Gasteiger charge is -2.07. The van der Waals surface area contributed by atoms with Crippen LogP contribution < -0.4 is 5.43 Å². The number of rotatable bonds is 6. The molecule has 4 rings (SSSR count). The second kappa shape index (κ2) is 8.17. The van der Waals surface area contributed by atoms with Crippen molar-refractivity contribution in [3.63, 3.8) is 0 Å². The van der Waals surface area contributed by atoms with Crippen LogP contribution in [0, 0.1) is 0 Å². The molecule has 3 nitrogen and oxygen atoms in total. The van der Waals surface area contributed by atoms with Crippen molar-refractivity contribution in [2.24, 2.45) is 5.10 Å². The quantitative estimate of drug-likeness (QED) is 0.259. The molecule has 3 aromatic carbocycles. The fourth-order valence-electron chi connectivity index (χ4n) is 2.50. The summed E-state index contributed by atoms with van der Waals surface area (Å²) < 4.78 is 2.28. The summed E-state index contributed by atoms with van der Waals surface area (Å²) in [4.78, 5) is 4.70. The van der Waals surface area contributed by atoms with Gasteiger partial charge in [-0.15, -0.1) is 11.3 Å². The third-order valence-corrected chi connectivity index (χ3v) is 6.00. The van der Waals surface area contributed by atoms with Crippen LogP contribution in [0.2, 0.25) is 0 Å². The minimum absolute atomic E-state index is 0.754. The molecule has 0 fully saturated rings. The summed E-state index contributed by atoms with van der Waals surface area (Å²) in [5.74, 6) is 0.754. The van der Waals surface area contributed by atoms with Crippen LogP contribution in [0.4, 0.5) is 5.69 Å². The number of fused-ring (bicyclic) bond motifs is 1. The number of thiazole rings is 1. The van der Waals surface area contributed by atoms with Crippen molar-refractivity contribution in [3.05, 3.63) is 90.5 Å². The summed E-state index contributed by atoms with van der Waals surface area (Å²) in [6.07, 6.45) is 0. The molecule has 0 aliphatic rings. The van der Waals surface area contributed by atoms with E-state index in [0.717, 1.165) is 32.6 Å². The maximum absolute atomic E-state index is 4.70. The summed E-state index contributed by atoms with van der Waals surface area (Å²) in [5.41, 5.74) is 7.31. The van der Waals surface area contributed by atoms with Gasteiger partial charge in [0.1, 0.15) is 0 Å². The Hall–Kier alpha value is -2.63. The van der Waals surface area contributed by atoms with E-state index in [-0.39, 0.29) is 0 Å². The van der Waals surface area contributed by atoms with E-state index in [1.165, 1.54) is 4.70 Å². The van der Waals surface area contributed by atoms with Gasteiger partial charge in [0.05, 0.1) is 21.6 Å². The Morgan fingerprint density at radius 3 is 2.35 bits per heavy atom. The Morgan fingerprint density at radius 2 is 1.58 bits per heavy atom. The zero-order valence-corrected chi connectivity index (χ0v) is 15.6. The van der Waals surface area contributed by atoms with Crippen molar-refractivity contribution in [3.8, 4) is 0 Å². The second-order valence-corrected chi connectivity index (χ2v) is 7.89. The minimum atomic E-state index is 0.754. The van der Waals surface area contributed by atoms with Crippen LogP contribution in [0.15, 0.2) is 94.4 Å². The highest BCUT2D eigenvalue weighted by atomic mass is 32.2. The largest absolute Gasteiger partial charge is 0.278 e. The number of benzene rings is 3. The average Bonchev–Trinajstić information content (AvgIpc) is 3.12. The predicted octanol–water partition coefficient (Wildman–Crippen LogP) is 5.90. The van der Waals surface area contributed by atoms with Gasteiger partial charge < -0.3 is 0 Å². The molecule has 1 heterocycles. The Labute approximate surface area is 160 Å². The Bertz CT molecular complexity index is 978. The number of hydrogen-bond donors (Lipinski definition) is 1. The normalized spacial score (nSPS) is 11.6. The van der Waals surface area contributed by atoms with Crippen molar-refractivity contribution >= 4 is 44.7 Å². The average molecular weight is 376 g/mol. The summed E-state index contributed by atoms with van der Waals surface area (Å²) in [6, 6.07) is 28.5. The van der Waals surface area contributed by atoms with Crippen LogP contribution in [0.3, 0.4) is 0 Å². The molecule has 1 N–H and O–H groups in total. The van der Waals surface area contributed by atoms with Crippen LogP contribution in [-0.4, -0.2) is 16.4 Å². The van der Waals surface area contributed by atoms with Crippen molar-refractivity contribution in [1.29, 1.82) is 0 Å². The summed E-state index contributed by atoms with van der Waals surface area (Å²) in [6.45, 7) is 0. The first-order valence-electron chi connectivity index (χ1n) is 8.30. The van der Waals surface area contributed by atoms with Crippen molar-refractivity contribution in [2.45, 2.75) is 4.34 Å². The molecule has 0 atom stereocenters. The minimum Gasteiger partial charge on any atom is -0.278 e. The molecule has 0 aliphatic heterocycles. The highest BCUT2D eigenvalue weighted by molar-refractivity contribution is 8.01. The topological polar surface area (TPSA) is 37.3 Å². The van der Waals surface area contributed by atoms with E-state index in [4.69, 9.17) is 4.98 Å². The molecular formula is C21H17N3S2. The fraction of sp³-hybridized carbons (Fsp3) is 0.0476. The van der Waals surface area contributed by atoms with Gasteiger partial charge in [-0.05, 0) is 29.8 Å². The number of para-hydroxylation sites is 2. The lowest BCUT2D eigenvalue weighted by Crippen LogP contribution is -2.07. The molecular weight excluding hydrogens is 358 g/mol. The van der Waals surface area contributed by atoms with Crippen molar-refractivity contribution in [2.75, 3.05) is 11.2 Å². The molecule has 0 saturated carbocycles. The van der Waals surface area contributed by atoms with Crippen molar-refractivity contribution in [1.82, 2.24) is 4.98 Å². The third-order valence-electron chi connectivity index (χ3n) is 3.81. The molecule has 128 valence electrons. The molecule has 0 saturated heterocycles. The molecule has 1 aromatic heterocycles. The standard InChI is InChI=1S/C21H17N3S2/c1-3-9-16(10-4-1)19(24-23-17-11-5-2-6-12-17)15-25-21-22-18-13-7-8-14-20(18)26-21/h1-14,23H,15H2/b24-19+. The molecule has 0 aliphatic carbocycles. The highest BCUT2D eigenvalue weighted by Crippen LogP contribution is 2.29. The number of thioether (sulfide) groups is 1. The van der Waals surface area contributed by atoms with Gasteiger partial charge in [0.2, 0.25) is 0 Å². The van der Waals surface area contributed by atoms with Crippen LogP contribution in [0.1, 0.15) is 5.56 Å². The Balaban J connectivity index is 1.54. The predicted molar refractivity (Wildman–Crippen MR) is 113 cm³/mol. The lowest BCUT2D eigenvalue weighted by atomic mass is 10.1. The zero-order valence-electron chi connectivity index (χ0n) is 14.0.